The number of hydrogen-bond acceptors (Lipinski definition) is 2. The molecule has 1 N–H and O–H groups in total. The molecule has 18 heavy (non-hydrogen) atoms. The summed E-state index contributed by atoms with van der Waals surface area (Å²) >= 11 is 0. The molecule has 1 aliphatic carbocycles. The second-order valence-electron chi connectivity index (χ2n) is 4.87. The molecule has 0 unspecified atom stereocenters. The molecule has 0 aliphatic heterocycles. The Hall–Kier alpha value is -1.61. The Morgan fingerprint density at radius 3 is 2.89 bits per heavy atom. The van der Waals surface area contributed by atoms with Crippen LogP contribution in [0.1, 0.15) is 29.9 Å². The average molecular weight is 245 g/mol. The van der Waals surface area contributed by atoms with Crippen LogP contribution < -0.4 is 0 Å². The quantitative estimate of drug-likeness (QED) is 0.751. The van der Waals surface area contributed by atoms with Crippen LogP contribution in [-0.2, 0) is 11.3 Å². The Bertz CT molecular complexity index is 438. The zero-order chi connectivity index (χ0) is 13.0. The van der Waals surface area contributed by atoms with E-state index in [1.807, 2.05) is 4.90 Å². The number of hydrogen-bond donors (Lipinski definition) is 1. The summed E-state index contributed by atoms with van der Waals surface area (Å²) in [5, 5.41) is 8.87. The van der Waals surface area contributed by atoms with Crippen LogP contribution >= 0.6 is 0 Å². The van der Waals surface area contributed by atoms with Gasteiger partial charge in [-0.1, -0.05) is 30.3 Å². The summed E-state index contributed by atoms with van der Waals surface area (Å²) in [6.07, 6.45) is 4.32. The first-order valence-electron chi connectivity index (χ1n) is 6.33. The van der Waals surface area contributed by atoms with Crippen molar-refractivity contribution >= 4 is 5.97 Å². The number of carboxylic acids is 1. The first kappa shape index (κ1) is 12.8. The van der Waals surface area contributed by atoms with Crippen LogP contribution in [0, 0.1) is 0 Å². The largest absolute Gasteiger partial charge is 0.480 e. The highest BCUT2D eigenvalue weighted by atomic mass is 16.4. The number of rotatable bonds is 7. The van der Waals surface area contributed by atoms with E-state index >= 15 is 0 Å². The summed E-state index contributed by atoms with van der Waals surface area (Å²) in [5.41, 5.74) is 2.57. The van der Waals surface area contributed by atoms with Gasteiger partial charge < -0.3 is 5.11 Å². The lowest BCUT2D eigenvalue weighted by molar-refractivity contribution is -0.138. The van der Waals surface area contributed by atoms with E-state index in [2.05, 4.69) is 30.8 Å². The number of carboxylic acid groups (broad SMARTS) is 1. The van der Waals surface area contributed by atoms with Crippen molar-refractivity contribution in [2.45, 2.75) is 25.3 Å². The van der Waals surface area contributed by atoms with Gasteiger partial charge >= 0.3 is 5.97 Å². The SMILES string of the molecule is C=CCN(CC(=O)O)Cc1cccc(C2CC2)c1. The molecule has 0 radical (unpaired) electrons. The van der Waals surface area contributed by atoms with Crippen LogP contribution in [-0.4, -0.2) is 29.1 Å². The first-order chi connectivity index (χ1) is 8.69. The molecule has 3 nitrogen and oxygen atoms in total. The van der Waals surface area contributed by atoms with Crippen molar-refractivity contribution < 1.29 is 9.90 Å². The Morgan fingerprint density at radius 1 is 1.50 bits per heavy atom. The van der Waals surface area contributed by atoms with E-state index in [0.717, 1.165) is 5.92 Å². The number of nitrogens with zero attached hydrogens (tertiary/aromatic N) is 1. The molecule has 1 saturated carbocycles. The van der Waals surface area contributed by atoms with Gasteiger partial charge in [0.25, 0.3) is 0 Å². The van der Waals surface area contributed by atoms with Gasteiger partial charge in [0, 0.05) is 13.1 Å². The van der Waals surface area contributed by atoms with Crippen molar-refractivity contribution in [1.29, 1.82) is 0 Å². The predicted octanol–water partition coefficient (Wildman–Crippen LogP) is 2.64. The number of carbonyl (C=O) groups is 1. The highest BCUT2D eigenvalue weighted by Crippen LogP contribution is 2.40. The van der Waals surface area contributed by atoms with Crippen molar-refractivity contribution in [2.24, 2.45) is 0 Å². The van der Waals surface area contributed by atoms with Crippen LogP contribution in [0.3, 0.4) is 0 Å². The second-order valence-corrected chi connectivity index (χ2v) is 4.87. The summed E-state index contributed by atoms with van der Waals surface area (Å²) in [6.45, 7) is 4.99. The minimum absolute atomic E-state index is 0.0552. The Morgan fingerprint density at radius 2 is 2.28 bits per heavy atom. The second kappa shape index (κ2) is 5.83. The van der Waals surface area contributed by atoms with Gasteiger partial charge in [-0.25, -0.2) is 0 Å². The molecule has 1 aromatic carbocycles. The smallest absolute Gasteiger partial charge is 0.317 e. The van der Waals surface area contributed by atoms with E-state index in [0.29, 0.717) is 13.1 Å². The molecule has 0 heterocycles. The summed E-state index contributed by atoms with van der Waals surface area (Å²) in [5.74, 6) is -0.0625. The van der Waals surface area contributed by atoms with Gasteiger partial charge in [-0.05, 0) is 29.9 Å². The molecule has 0 aromatic heterocycles. The zero-order valence-corrected chi connectivity index (χ0v) is 10.5. The maximum atomic E-state index is 10.8. The Labute approximate surface area is 108 Å². The lowest BCUT2D eigenvalue weighted by atomic mass is 10.1. The molecular weight excluding hydrogens is 226 g/mol. The minimum Gasteiger partial charge on any atom is -0.480 e. The molecule has 0 amide bonds. The van der Waals surface area contributed by atoms with Gasteiger partial charge in [0.2, 0.25) is 0 Å². The van der Waals surface area contributed by atoms with Gasteiger partial charge in [0.1, 0.15) is 0 Å². The summed E-state index contributed by atoms with van der Waals surface area (Å²) < 4.78 is 0. The number of benzene rings is 1. The molecule has 0 saturated heterocycles. The van der Waals surface area contributed by atoms with Crippen LogP contribution in [0.25, 0.3) is 0 Å². The summed E-state index contributed by atoms with van der Waals surface area (Å²) in [6, 6.07) is 8.49. The van der Waals surface area contributed by atoms with E-state index in [1.54, 1.807) is 6.08 Å². The zero-order valence-electron chi connectivity index (χ0n) is 10.5. The van der Waals surface area contributed by atoms with Crippen LogP contribution in [0.5, 0.6) is 0 Å². The van der Waals surface area contributed by atoms with E-state index < -0.39 is 5.97 Å². The molecule has 1 aliphatic rings. The van der Waals surface area contributed by atoms with Crippen LogP contribution in [0.2, 0.25) is 0 Å². The minimum atomic E-state index is -0.796. The van der Waals surface area contributed by atoms with Crippen molar-refractivity contribution in [3.05, 3.63) is 48.0 Å². The van der Waals surface area contributed by atoms with Crippen molar-refractivity contribution in [3.63, 3.8) is 0 Å². The maximum Gasteiger partial charge on any atom is 0.317 e. The Kier molecular flexibility index (Phi) is 4.15. The predicted molar refractivity (Wildman–Crippen MR) is 71.5 cm³/mol. The standard InChI is InChI=1S/C15H19NO2/c1-2-8-16(11-15(17)18)10-12-4-3-5-14(9-12)13-6-7-13/h2-5,9,13H,1,6-8,10-11H2,(H,17,18). The van der Waals surface area contributed by atoms with Crippen LogP contribution in [0.4, 0.5) is 0 Å². The third-order valence-corrected chi connectivity index (χ3v) is 3.15. The number of aliphatic carboxylic acids is 1. The van der Waals surface area contributed by atoms with E-state index in [1.165, 1.54) is 24.0 Å². The molecule has 96 valence electrons. The lowest BCUT2D eigenvalue weighted by Gasteiger charge is -2.18. The summed E-state index contributed by atoms with van der Waals surface area (Å²) in [7, 11) is 0. The van der Waals surface area contributed by atoms with E-state index in [-0.39, 0.29) is 6.54 Å². The molecule has 0 bridgehead atoms. The Balaban J connectivity index is 2.02. The van der Waals surface area contributed by atoms with Crippen molar-refractivity contribution in [3.8, 4) is 0 Å². The van der Waals surface area contributed by atoms with Gasteiger partial charge in [-0.3, -0.25) is 9.69 Å². The third-order valence-electron chi connectivity index (χ3n) is 3.15. The molecule has 1 fully saturated rings. The van der Waals surface area contributed by atoms with Crippen molar-refractivity contribution in [1.82, 2.24) is 4.90 Å². The fourth-order valence-corrected chi connectivity index (χ4v) is 2.18. The van der Waals surface area contributed by atoms with E-state index in [4.69, 9.17) is 5.11 Å². The monoisotopic (exact) mass is 245 g/mol. The fourth-order valence-electron chi connectivity index (χ4n) is 2.18. The van der Waals surface area contributed by atoms with Gasteiger partial charge in [-0.2, -0.15) is 0 Å². The van der Waals surface area contributed by atoms with Gasteiger partial charge in [-0.15, -0.1) is 6.58 Å². The molecule has 3 heteroatoms. The topological polar surface area (TPSA) is 40.5 Å². The molecule has 1 aromatic rings. The average Bonchev–Trinajstić information content (AvgIpc) is 3.12. The van der Waals surface area contributed by atoms with E-state index in [9.17, 15) is 4.79 Å². The van der Waals surface area contributed by atoms with Gasteiger partial charge in [0.15, 0.2) is 0 Å². The molecule has 2 rings (SSSR count). The van der Waals surface area contributed by atoms with Crippen molar-refractivity contribution in [2.75, 3.05) is 13.1 Å². The van der Waals surface area contributed by atoms with Crippen LogP contribution in [0.15, 0.2) is 36.9 Å². The first-order valence-corrected chi connectivity index (χ1v) is 6.33. The fraction of sp³-hybridized carbons (Fsp3) is 0.400. The highest BCUT2D eigenvalue weighted by Gasteiger charge is 2.23. The molecular formula is C15H19NO2. The third kappa shape index (κ3) is 3.70. The maximum absolute atomic E-state index is 10.8. The van der Waals surface area contributed by atoms with Gasteiger partial charge in [0.05, 0.1) is 6.54 Å². The molecule has 0 atom stereocenters. The lowest BCUT2D eigenvalue weighted by Crippen LogP contribution is -2.29. The molecule has 0 spiro atoms. The summed E-state index contributed by atoms with van der Waals surface area (Å²) in [4.78, 5) is 12.7. The highest BCUT2D eigenvalue weighted by molar-refractivity contribution is 5.69. The normalized spacial score (nSPS) is 14.7.